The standard InChI is InChI=1S/C9H10N4S/c1-7-6-8(11)13-9(12-7)14-5-3-2-4-10/h2-3,6H,5H2,1H3,(H2,11,12,13)/b3-2+. The predicted molar refractivity (Wildman–Crippen MR) is 56.7 cm³/mol. The molecule has 0 spiro atoms. The maximum atomic E-state index is 8.25. The third-order valence-corrected chi connectivity index (χ3v) is 2.15. The number of nitrogens with zero attached hydrogens (tertiary/aromatic N) is 3. The molecule has 1 aromatic rings. The quantitative estimate of drug-likeness (QED) is 0.461. The van der Waals surface area contributed by atoms with Crippen LogP contribution < -0.4 is 5.73 Å². The summed E-state index contributed by atoms with van der Waals surface area (Å²) in [5.74, 6) is 1.15. The summed E-state index contributed by atoms with van der Waals surface area (Å²) in [6.45, 7) is 1.87. The number of nitrogen functional groups attached to an aromatic ring is 1. The van der Waals surface area contributed by atoms with Gasteiger partial charge in [-0.05, 0) is 6.92 Å². The first-order chi connectivity index (χ1) is 6.72. The Morgan fingerprint density at radius 1 is 1.64 bits per heavy atom. The van der Waals surface area contributed by atoms with Crippen molar-refractivity contribution in [1.29, 1.82) is 5.26 Å². The molecule has 1 heterocycles. The Balaban J connectivity index is 2.59. The van der Waals surface area contributed by atoms with Gasteiger partial charge in [-0.1, -0.05) is 17.8 Å². The molecule has 2 N–H and O–H groups in total. The van der Waals surface area contributed by atoms with Crippen LogP contribution in [0.5, 0.6) is 0 Å². The molecule has 0 aliphatic carbocycles. The van der Waals surface area contributed by atoms with E-state index in [1.54, 1.807) is 12.1 Å². The van der Waals surface area contributed by atoms with Crippen molar-refractivity contribution >= 4 is 17.6 Å². The maximum Gasteiger partial charge on any atom is 0.190 e. The Bertz CT molecular complexity index is 361. The van der Waals surface area contributed by atoms with E-state index in [2.05, 4.69) is 9.97 Å². The molecule has 0 atom stereocenters. The van der Waals surface area contributed by atoms with Crippen molar-refractivity contribution in [2.24, 2.45) is 0 Å². The molecule has 0 fully saturated rings. The van der Waals surface area contributed by atoms with Crippen molar-refractivity contribution in [3.05, 3.63) is 23.9 Å². The Labute approximate surface area is 86.9 Å². The van der Waals surface area contributed by atoms with Crippen molar-refractivity contribution in [3.8, 4) is 6.07 Å². The molecular weight excluding hydrogens is 196 g/mol. The van der Waals surface area contributed by atoms with Crippen LogP contribution in [0.1, 0.15) is 5.69 Å². The molecule has 0 aromatic carbocycles. The number of aryl methyl sites for hydroxylation is 1. The van der Waals surface area contributed by atoms with Crippen LogP contribution in [0.25, 0.3) is 0 Å². The van der Waals surface area contributed by atoms with Gasteiger partial charge in [-0.3, -0.25) is 0 Å². The Kier molecular flexibility index (Phi) is 3.95. The lowest BCUT2D eigenvalue weighted by Crippen LogP contribution is -1.96. The second kappa shape index (κ2) is 5.25. The third-order valence-electron chi connectivity index (χ3n) is 1.35. The smallest absolute Gasteiger partial charge is 0.190 e. The van der Waals surface area contributed by atoms with Gasteiger partial charge in [0.05, 0.1) is 6.07 Å². The first-order valence-corrected chi connectivity index (χ1v) is 4.99. The summed E-state index contributed by atoms with van der Waals surface area (Å²) in [5, 5.41) is 8.90. The molecular formula is C9H10N4S. The number of hydrogen-bond donors (Lipinski definition) is 1. The summed E-state index contributed by atoms with van der Waals surface area (Å²) in [4.78, 5) is 8.23. The molecule has 0 saturated heterocycles. The molecule has 5 heteroatoms. The van der Waals surface area contributed by atoms with Crippen LogP contribution in [0.3, 0.4) is 0 Å². The fourth-order valence-corrected chi connectivity index (χ4v) is 1.57. The van der Waals surface area contributed by atoms with Crippen LogP contribution in [-0.4, -0.2) is 15.7 Å². The zero-order valence-electron chi connectivity index (χ0n) is 7.77. The van der Waals surface area contributed by atoms with Gasteiger partial charge in [-0.2, -0.15) is 5.26 Å². The number of nitriles is 1. The van der Waals surface area contributed by atoms with E-state index in [1.807, 2.05) is 13.0 Å². The van der Waals surface area contributed by atoms with Crippen LogP contribution in [0.2, 0.25) is 0 Å². The summed E-state index contributed by atoms with van der Waals surface area (Å²) in [6.07, 6.45) is 3.19. The SMILES string of the molecule is Cc1cc(N)nc(SC/C=C/C#N)n1. The highest BCUT2D eigenvalue weighted by Gasteiger charge is 1.98. The number of anilines is 1. The number of rotatable bonds is 3. The molecule has 0 radical (unpaired) electrons. The van der Waals surface area contributed by atoms with Crippen molar-refractivity contribution < 1.29 is 0 Å². The van der Waals surface area contributed by atoms with E-state index in [9.17, 15) is 0 Å². The van der Waals surface area contributed by atoms with Gasteiger partial charge in [-0.25, -0.2) is 9.97 Å². The van der Waals surface area contributed by atoms with Gasteiger partial charge < -0.3 is 5.73 Å². The lowest BCUT2D eigenvalue weighted by Gasteiger charge is -1.99. The van der Waals surface area contributed by atoms with Gasteiger partial charge in [0.15, 0.2) is 5.16 Å². The minimum atomic E-state index is 0.476. The first kappa shape index (κ1) is 10.5. The Hall–Kier alpha value is -1.54. The molecule has 0 saturated carbocycles. The second-order valence-electron chi connectivity index (χ2n) is 2.56. The molecule has 1 aromatic heterocycles. The average molecular weight is 206 g/mol. The zero-order chi connectivity index (χ0) is 10.4. The van der Waals surface area contributed by atoms with Crippen molar-refractivity contribution in [2.75, 3.05) is 11.5 Å². The molecule has 72 valence electrons. The summed E-state index contributed by atoms with van der Waals surface area (Å²) in [6, 6.07) is 3.63. The molecule has 14 heavy (non-hydrogen) atoms. The highest BCUT2D eigenvalue weighted by atomic mass is 32.2. The van der Waals surface area contributed by atoms with E-state index in [0.29, 0.717) is 16.7 Å². The minimum absolute atomic E-state index is 0.476. The monoisotopic (exact) mass is 206 g/mol. The number of aromatic nitrogens is 2. The van der Waals surface area contributed by atoms with Crippen molar-refractivity contribution in [3.63, 3.8) is 0 Å². The highest BCUT2D eigenvalue weighted by molar-refractivity contribution is 7.99. The molecule has 1 rings (SSSR count). The van der Waals surface area contributed by atoms with Crippen molar-refractivity contribution in [2.45, 2.75) is 12.1 Å². The Morgan fingerprint density at radius 2 is 2.43 bits per heavy atom. The van der Waals surface area contributed by atoms with E-state index < -0.39 is 0 Å². The van der Waals surface area contributed by atoms with Crippen molar-refractivity contribution in [1.82, 2.24) is 9.97 Å². The van der Waals surface area contributed by atoms with Gasteiger partial charge >= 0.3 is 0 Å². The van der Waals surface area contributed by atoms with E-state index in [4.69, 9.17) is 11.0 Å². The topological polar surface area (TPSA) is 75.6 Å². The van der Waals surface area contributed by atoms with Gasteiger partial charge in [0.2, 0.25) is 0 Å². The van der Waals surface area contributed by atoms with Crippen LogP contribution in [0.4, 0.5) is 5.82 Å². The van der Waals surface area contributed by atoms with Gasteiger partial charge in [0.1, 0.15) is 5.82 Å². The molecule has 4 nitrogen and oxygen atoms in total. The largest absolute Gasteiger partial charge is 0.384 e. The Morgan fingerprint density at radius 3 is 3.07 bits per heavy atom. The number of thioether (sulfide) groups is 1. The lowest BCUT2D eigenvalue weighted by molar-refractivity contribution is 0.942. The van der Waals surface area contributed by atoms with Crippen LogP contribution in [0, 0.1) is 18.3 Å². The van der Waals surface area contributed by atoms with Gasteiger partial charge in [-0.15, -0.1) is 0 Å². The maximum absolute atomic E-state index is 8.25. The average Bonchev–Trinajstić information content (AvgIpc) is 2.11. The minimum Gasteiger partial charge on any atom is -0.384 e. The zero-order valence-corrected chi connectivity index (χ0v) is 8.58. The molecule has 0 amide bonds. The third kappa shape index (κ3) is 3.46. The van der Waals surface area contributed by atoms with E-state index >= 15 is 0 Å². The number of nitrogens with two attached hydrogens (primary N) is 1. The van der Waals surface area contributed by atoms with E-state index in [0.717, 1.165) is 5.69 Å². The first-order valence-electron chi connectivity index (χ1n) is 4.01. The van der Waals surface area contributed by atoms with Crippen LogP contribution in [0.15, 0.2) is 23.4 Å². The second-order valence-corrected chi connectivity index (χ2v) is 3.55. The highest BCUT2D eigenvalue weighted by Crippen LogP contribution is 2.14. The molecule has 0 aliphatic heterocycles. The van der Waals surface area contributed by atoms with E-state index in [1.165, 1.54) is 17.8 Å². The summed E-state index contributed by atoms with van der Waals surface area (Å²) >= 11 is 1.45. The normalized spacial score (nSPS) is 10.3. The fraction of sp³-hybridized carbons (Fsp3) is 0.222. The number of allylic oxidation sites excluding steroid dienone is 1. The lowest BCUT2D eigenvalue weighted by atomic mass is 10.4. The molecule has 0 bridgehead atoms. The summed E-state index contributed by atoms with van der Waals surface area (Å²) in [5.41, 5.74) is 6.41. The molecule has 0 aliphatic rings. The number of hydrogen-bond acceptors (Lipinski definition) is 5. The fourth-order valence-electron chi connectivity index (χ4n) is 0.853. The van der Waals surface area contributed by atoms with Crippen LogP contribution in [-0.2, 0) is 0 Å². The van der Waals surface area contributed by atoms with Gasteiger partial charge in [0.25, 0.3) is 0 Å². The summed E-state index contributed by atoms with van der Waals surface area (Å²) < 4.78 is 0. The van der Waals surface area contributed by atoms with E-state index in [-0.39, 0.29) is 0 Å². The summed E-state index contributed by atoms with van der Waals surface area (Å²) in [7, 11) is 0. The predicted octanol–water partition coefficient (Wildman–Crippen LogP) is 1.54. The van der Waals surface area contributed by atoms with Crippen LogP contribution >= 0.6 is 11.8 Å². The van der Waals surface area contributed by atoms with Gasteiger partial charge in [0, 0.05) is 23.6 Å². The molecule has 0 unspecified atom stereocenters.